The van der Waals surface area contributed by atoms with Crippen molar-refractivity contribution in [2.24, 2.45) is 0 Å². The fourth-order valence-corrected chi connectivity index (χ4v) is 6.37. The van der Waals surface area contributed by atoms with Crippen LogP contribution in [0, 0.1) is 0 Å². The van der Waals surface area contributed by atoms with Crippen molar-refractivity contribution in [3.63, 3.8) is 0 Å². The topological polar surface area (TPSA) is 160 Å². The molecule has 0 fully saturated rings. The summed E-state index contributed by atoms with van der Waals surface area (Å²) >= 11 is 3.24. The van der Waals surface area contributed by atoms with Gasteiger partial charge in [-0.25, -0.2) is 30.0 Å². The van der Waals surface area contributed by atoms with Crippen LogP contribution < -0.4 is 0 Å². The molecule has 0 unspecified atom stereocenters. The molecule has 3 aromatic rings. The van der Waals surface area contributed by atoms with E-state index in [1.807, 2.05) is 6.07 Å². The Morgan fingerprint density at radius 3 is 1.30 bits per heavy atom. The molecule has 0 heterocycles. The molecule has 3 aromatic carbocycles. The number of aliphatic hydroxyl groups excluding tert-OH is 1. The van der Waals surface area contributed by atoms with Crippen LogP contribution in [0.5, 0.6) is 0 Å². The zero-order valence-corrected chi connectivity index (χ0v) is 24.2. The second-order valence-electron chi connectivity index (χ2n) is 7.62. The van der Waals surface area contributed by atoms with E-state index in [0.717, 1.165) is 18.1 Å². The molecular weight excluding hydrogens is 608 g/mol. The number of carboxylic acid groups (broad SMARTS) is 1. The molecule has 0 saturated carbocycles. The minimum Gasteiger partial charge on any atom is -0.478 e. The molecule has 0 aliphatic carbocycles. The maximum absolute atomic E-state index is 11.2. The van der Waals surface area contributed by atoms with Crippen LogP contribution in [0.1, 0.15) is 21.5 Å². The number of hydrogen-bond donors (Lipinski definition) is 2. The van der Waals surface area contributed by atoms with Crippen molar-refractivity contribution in [3.05, 3.63) is 89.5 Å². The molecule has 37 heavy (non-hydrogen) atoms. The third-order valence-electron chi connectivity index (χ3n) is 4.58. The quantitative estimate of drug-likeness (QED) is 0.387. The number of aromatic carboxylic acids is 1. The summed E-state index contributed by atoms with van der Waals surface area (Å²) in [7, 11) is -9.74. The smallest absolute Gasteiger partial charge is 0.337 e. The first-order valence-corrected chi connectivity index (χ1v) is 17.1. The zero-order chi connectivity index (χ0) is 28.4. The lowest BCUT2D eigenvalue weighted by molar-refractivity contribution is 0.0692. The van der Waals surface area contributed by atoms with Gasteiger partial charge in [-0.2, -0.15) is 0 Å². The lowest BCUT2D eigenvalue weighted by Crippen LogP contribution is -2.06. The molecule has 0 radical (unpaired) electrons. The van der Waals surface area contributed by atoms with Crippen molar-refractivity contribution < 1.29 is 40.3 Å². The highest BCUT2D eigenvalue weighted by Gasteiger charge is 2.16. The molecular formula is C24H27BrO9S3. The fraction of sp³-hybridized carbons (Fsp3) is 0.208. The largest absolute Gasteiger partial charge is 0.478 e. The number of hydrogen-bond acceptors (Lipinski definition) is 8. The summed E-state index contributed by atoms with van der Waals surface area (Å²) in [6, 6.07) is 18.9. The van der Waals surface area contributed by atoms with Crippen molar-refractivity contribution in [2.75, 3.05) is 18.8 Å². The molecule has 0 atom stereocenters. The van der Waals surface area contributed by atoms with Gasteiger partial charge in [-0.15, -0.1) is 0 Å². The van der Waals surface area contributed by atoms with Crippen molar-refractivity contribution in [1.82, 2.24) is 0 Å². The Labute approximate surface area is 225 Å². The predicted molar refractivity (Wildman–Crippen MR) is 144 cm³/mol. The van der Waals surface area contributed by atoms with Crippen LogP contribution in [-0.2, 0) is 41.4 Å². The number of benzene rings is 3. The Morgan fingerprint density at radius 1 is 0.649 bits per heavy atom. The van der Waals surface area contributed by atoms with E-state index in [0.29, 0.717) is 15.8 Å². The van der Waals surface area contributed by atoms with E-state index in [4.69, 9.17) is 10.2 Å². The van der Waals surface area contributed by atoms with Crippen molar-refractivity contribution in [3.8, 4) is 0 Å². The van der Waals surface area contributed by atoms with Gasteiger partial charge in [0.2, 0.25) is 0 Å². The lowest BCUT2D eigenvalue weighted by Gasteiger charge is -2.03. The van der Waals surface area contributed by atoms with Crippen LogP contribution in [0.15, 0.2) is 87.5 Å². The van der Waals surface area contributed by atoms with E-state index in [-0.39, 0.29) is 22.0 Å². The standard InChI is InChI=1S/C8H9BrO2S.C8H8O4S.C8H10O3S/c1-12(10,11)8-5-3-2-4-7(8)6-9;1-13(11,12)7-5-3-2-4-6(7)8(9)10;1-12(10,11)8-5-3-2-4-7(8)6-9/h2-5H,6H2,1H3;2-5H,1H3,(H,9,10);2-5,9H,6H2,1H3. The highest BCUT2D eigenvalue weighted by molar-refractivity contribution is 9.08. The molecule has 2 N–H and O–H groups in total. The van der Waals surface area contributed by atoms with Crippen LogP contribution in [0.25, 0.3) is 0 Å². The van der Waals surface area contributed by atoms with Gasteiger partial charge in [-0.1, -0.05) is 64.5 Å². The SMILES string of the molecule is CS(=O)(=O)c1ccccc1C(=O)O.CS(=O)(=O)c1ccccc1CBr.CS(=O)(=O)c1ccccc1CO. The minimum absolute atomic E-state index is 0.150. The first-order chi connectivity index (χ1) is 17.0. The monoisotopic (exact) mass is 634 g/mol. The molecule has 0 bridgehead atoms. The van der Waals surface area contributed by atoms with E-state index in [9.17, 15) is 30.0 Å². The van der Waals surface area contributed by atoms with Crippen LogP contribution in [0.3, 0.4) is 0 Å². The summed E-state index contributed by atoms with van der Waals surface area (Å²) in [4.78, 5) is 11.1. The summed E-state index contributed by atoms with van der Waals surface area (Å²) < 4.78 is 66.8. The highest BCUT2D eigenvalue weighted by atomic mass is 79.9. The van der Waals surface area contributed by atoms with Gasteiger partial charge in [0.25, 0.3) is 0 Å². The summed E-state index contributed by atoms with van der Waals surface area (Å²) in [5, 5.41) is 18.0. The number of alkyl halides is 1. The molecule has 3 rings (SSSR count). The van der Waals surface area contributed by atoms with Gasteiger partial charge in [-0.3, -0.25) is 0 Å². The van der Waals surface area contributed by atoms with Crippen LogP contribution >= 0.6 is 15.9 Å². The van der Waals surface area contributed by atoms with Gasteiger partial charge in [0.1, 0.15) is 0 Å². The predicted octanol–water partition coefficient (Wildman–Crippen LogP) is 3.36. The molecule has 202 valence electrons. The van der Waals surface area contributed by atoms with Gasteiger partial charge in [0.15, 0.2) is 29.5 Å². The summed E-state index contributed by atoms with van der Waals surface area (Å²) in [6.45, 7) is -0.247. The summed E-state index contributed by atoms with van der Waals surface area (Å²) in [5.74, 6) is -1.24. The van der Waals surface area contributed by atoms with E-state index in [2.05, 4.69) is 15.9 Å². The normalized spacial score (nSPS) is 11.4. The van der Waals surface area contributed by atoms with Gasteiger partial charge in [-0.05, 0) is 35.4 Å². The number of rotatable bonds is 6. The molecule has 0 saturated heterocycles. The van der Waals surface area contributed by atoms with Crippen LogP contribution in [0.2, 0.25) is 0 Å². The van der Waals surface area contributed by atoms with Gasteiger partial charge < -0.3 is 10.2 Å². The summed E-state index contributed by atoms with van der Waals surface area (Å²) in [6.07, 6.45) is 3.32. The van der Waals surface area contributed by atoms with E-state index < -0.39 is 35.5 Å². The molecule has 0 spiro atoms. The number of carboxylic acids is 1. The van der Waals surface area contributed by atoms with E-state index in [1.54, 1.807) is 36.4 Å². The molecule has 0 aliphatic rings. The number of sulfone groups is 3. The third-order valence-corrected chi connectivity index (χ3v) is 8.73. The highest BCUT2D eigenvalue weighted by Crippen LogP contribution is 2.18. The maximum atomic E-state index is 11.2. The Morgan fingerprint density at radius 2 is 1.00 bits per heavy atom. The molecule has 0 aromatic heterocycles. The average Bonchev–Trinajstić information content (AvgIpc) is 2.83. The zero-order valence-electron chi connectivity index (χ0n) is 20.2. The Bertz CT molecular complexity index is 1470. The van der Waals surface area contributed by atoms with Gasteiger partial charge in [0.05, 0.1) is 26.9 Å². The Hall–Kier alpha value is -2.58. The van der Waals surface area contributed by atoms with Gasteiger partial charge >= 0.3 is 5.97 Å². The Balaban J connectivity index is 0.000000278. The lowest BCUT2D eigenvalue weighted by atomic mass is 10.2. The van der Waals surface area contributed by atoms with E-state index in [1.165, 1.54) is 36.6 Å². The minimum atomic E-state index is -3.46. The molecule has 0 aliphatic heterocycles. The van der Waals surface area contributed by atoms with Crippen molar-refractivity contribution >= 4 is 51.4 Å². The third kappa shape index (κ3) is 10.4. The molecule has 13 heteroatoms. The van der Waals surface area contributed by atoms with Crippen molar-refractivity contribution in [1.29, 1.82) is 0 Å². The molecule has 9 nitrogen and oxygen atoms in total. The molecule has 0 amide bonds. The second-order valence-corrected chi connectivity index (χ2v) is 14.1. The Kier molecular flexibility index (Phi) is 12.1. The van der Waals surface area contributed by atoms with E-state index >= 15 is 0 Å². The fourth-order valence-electron chi connectivity index (χ4n) is 2.94. The van der Waals surface area contributed by atoms with Crippen molar-refractivity contribution in [2.45, 2.75) is 26.6 Å². The van der Waals surface area contributed by atoms with Crippen LogP contribution in [0.4, 0.5) is 0 Å². The first-order valence-electron chi connectivity index (χ1n) is 10.3. The number of halogens is 1. The second kappa shape index (κ2) is 13.8. The van der Waals surface area contributed by atoms with Crippen LogP contribution in [-0.4, -0.2) is 60.2 Å². The summed E-state index contributed by atoms with van der Waals surface area (Å²) in [5.41, 5.74) is 1.06. The number of aliphatic hydroxyl groups is 1. The number of carbonyl (C=O) groups is 1. The maximum Gasteiger partial charge on any atom is 0.337 e. The average molecular weight is 636 g/mol. The first kappa shape index (κ1) is 32.4. The van der Waals surface area contributed by atoms with Gasteiger partial charge in [0, 0.05) is 24.1 Å².